The van der Waals surface area contributed by atoms with Gasteiger partial charge >= 0.3 is 6.30 Å². The molecule has 2 N–H and O–H groups in total. The van der Waals surface area contributed by atoms with E-state index in [9.17, 15) is 13.2 Å². The molecule has 3 heterocycles. The monoisotopic (exact) mass is 458 g/mol. The maximum atomic E-state index is 14.0. The SMILES string of the molecule is COc1cccc(-c2ccc3ncc(N(c4ccccn4)C(F)(F)F)n3n2)c1OCCCN. The lowest BCUT2D eigenvalue weighted by Gasteiger charge is -2.24. The van der Waals surface area contributed by atoms with E-state index in [1.165, 1.54) is 31.5 Å². The van der Waals surface area contributed by atoms with Crippen LogP contribution in [0.1, 0.15) is 6.42 Å². The quantitative estimate of drug-likeness (QED) is 0.313. The van der Waals surface area contributed by atoms with Gasteiger partial charge in [0.25, 0.3) is 0 Å². The number of hydrogen-bond donors (Lipinski definition) is 1. The van der Waals surface area contributed by atoms with Gasteiger partial charge in [-0.2, -0.15) is 9.61 Å². The number of rotatable bonds is 8. The standard InChI is InChI=1S/C22H21F3N6O2/c1-32-17-7-4-6-15(21(17)33-13-5-11-26)16-9-10-19-28-14-20(31(19)29-16)30(22(23,24)25)18-8-2-3-12-27-18/h2-4,6-10,12,14H,5,11,13,26H2,1H3. The zero-order valence-electron chi connectivity index (χ0n) is 17.7. The Balaban J connectivity index is 1.84. The number of halogens is 3. The van der Waals surface area contributed by atoms with Crippen LogP contribution in [0.4, 0.5) is 24.8 Å². The first kappa shape index (κ1) is 22.3. The number of hydrogen-bond acceptors (Lipinski definition) is 7. The Labute approximate surface area is 187 Å². The molecule has 0 amide bonds. The molecule has 0 atom stereocenters. The lowest BCUT2D eigenvalue weighted by molar-refractivity contribution is -0.121. The van der Waals surface area contributed by atoms with Crippen molar-refractivity contribution in [2.45, 2.75) is 12.7 Å². The number of pyridine rings is 1. The van der Waals surface area contributed by atoms with E-state index < -0.39 is 6.30 Å². The highest BCUT2D eigenvalue weighted by Crippen LogP contribution is 2.39. The predicted octanol–water partition coefficient (Wildman–Crippen LogP) is 4.19. The van der Waals surface area contributed by atoms with Crippen molar-refractivity contribution in [1.29, 1.82) is 0 Å². The molecule has 0 aliphatic heterocycles. The number of benzene rings is 1. The van der Waals surface area contributed by atoms with Crippen LogP contribution in [0.3, 0.4) is 0 Å². The van der Waals surface area contributed by atoms with Crippen molar-refractivity contribution in [1.82, 2.24) is 19.6 Å². The predicted molar refractivity (Wildman–Crippen MR) is 117 cm³/mol. The van der Waals surface area contributed by atoms with Crippen molar-refractivity contribution in [3.8, 4) is 22.8 Å². The molecule has 4 rings (SSSR count). The van der Waals surface area contributed by atoms with Crippen LogP contribution in [0, 0.1) is 0 Å². The molecular formula is C22H21F3N6O2. The van der Waals surface area contributed by atoms with Crippen molar-refractivity contribution in [2.24, 2.45) is 5.73 Å². The Morgan fingerprint density at radius 1 is 1.06 bits per heavy atom. The van der Waals surface area contributed by atoms with E-state index in [2.05, 4.69) is 15.1 Å². The molecule has 0 spiro atoms. The van der Waals surface area contributed by atoms with Crippen LogP contribution in [0.2, 0.25) is 0 Å². The van der Waals surface area contributed by atoms with Gasteiger partial charge in [-0.1, -0.05) is 12.1 Å². The van der Waals surface area contributed by atoms with Gasteiger partial charge in [0, 0.05) is 11.8 Å². The minimum absolute atomic E-state index is 0.133. The summed E-state index contributed by atoms with van der Waals surface area (Å²) in [6.45, 7) is 0.803. The summed E-state index contributed by atoms with van der Waals surface area (Å²) < 4.78 is 54.5. The molecule has 0 aliphatic rings. The Morgan fingerprint density at radius 2 is 1.91 bits per heavy atom. The molecule has 3 aromatic heterocycles. The van der Waals surface area contributed by atoms with Crippen molar-refractivity contribution >= 4 is 17.3 Å². The Kier molecular flexibility index (Phi) is 6.31. The first-order chi connectivity index (χ1) is 15.9. The minimum Gasteiger partial charge on any atom is -0.493 e. The number of ether oxygens (including phenoxy) is 2. The van der Waals surface area contributed by atoms with Crippen LogP contribution >= 0.6 is 0 Å². The van der Waals surface area contributed by atoms with Gasteiger partial charge in [-0.05, 0) is 49.4 Å². The molecule has 8 nitrogen and oxygen atoms in total. The number of para-hydroxylation sites is 1. The van der Waals surface area contributed by atoms with E-state index in [-0.39, 0.29) is 22.2 Å². The number of anilines is 2. The molecule has 1 aromatic carbocycles. The van der Waals surface area contributed by atoms with E-state index in [0.29, 0.717) is 42.3 Å². The smallest absolute Gasteiger partial charge is 0.491 e. The first-order valence-corrected chi connectivity index (χ1v) is 10.1. The van der Waals surface area contributed by atoms with E-state index in [0.717, 1.165) is 10.7 Å². The van der Waals surface area contributed by atoms with Crippen molar-refractivity contribution in [3.63, 3.8) is 0 Å². The summed E-state index contributed by atoms with van der Waals surface area (Å²) in [6, 6.07) is 12.8. The highest BCUT2D eigenvalue weighted by atomic mass is 19.4. The van der Waals surface area contributed by atoms with Crippen LogP contribution < -0.4 is 20.1 Å². The summed E-state index contributed by atoms with van der Waals surface area (Å²) in [5.74, 6) is 0.305. The zero-order valence-corrected chi connectivity index (χ0v) is 17.7. The van der Waals surface area contributed by atoms with Crippen molar-refractivity contribution in [2.75, 3.05) is 25.2 Å². The molecular weight excluding hydrogens is 437 g/mol. The van der Waals surface area contributed by atoms with Crippen molar-refractivity contribution < 1.29 is 22.6 Å². The van der Waals surface area contributed by atoms with Gasteiger partial charge in [0.2, 0.25) is 0 Å². The zero-order chi connectivity index (χ0) is 23.4. The minimum atomic E-state index is -4.76. The fraction of sp³-hybridized carbons (Fsp3) is 0.227. The van der Waals surface area contributed by atoms with E-state index in [1.54, 1.807) is 30.3 Å². The molecule has 0 saturated carbocycles. The van der Waals surface area contributed by atoms with E-state index in [4.69, 9.17) is 15.2 Å². The molecule has 4 aromatic rings. The van der Waals surface area contributed by atoms with Crippen LogP contribution in [-0.2, 0) is 0 Å². The second-order valence-electron chi connectivity index (χ2n) is 6.92. The molecule has 11 heteroatoms. The Hall–Kier alpha value is -3.86. The lowest BCUT2D eigenvalue weighted by Crippen LogP contribution is -2.35. The van der Waals surface area contributed by atoms with Gasteiger partial charge in [-0.3, -0.25) is 0 Å². The third-order valence-electron chi connectivity index (χ3n) is 4.77. The molecule has 0 saturated heterocycles. The summed E-state index contributed by atoms with van der Waals surface area (Å²) in [4.78, 5) is 8.08. The third-order valence-corrected chi connectivity index (χ3v) is 4.77. The average Bonchev–Trinajstić information content (AvgIpc) is 3.22. The Bertz CT molecular complexity index is 1230. The summed E-state index contributed by atoms with van der Waals surface area (Å²) >= 11 is 0. The third kappa shape index (κ3) is 4.53. The molecule has 0 aliphatic carbocycles. The van der Waals surface area contributed by atoms with Gasteiger partial charge in [0.15, 0.2) is 23.0 Å². The fourth-order valence-corrected chi connectivity index (χ4v) is 3.31. The van der Waals surface area contributed by atoms with E-state index >= 15 is 0 Å². The molecule has 0 fully saturated rings. The van der Waals surface area contributed by atoms with Gasteiger partial charge in [0.1, 0.15) is 5.82 Å². The van der Waals surface area contributed by atoms with Gasteiger partial charge in [-0.15, -0.1) is 13.2 Å². The van der Waals surface area contributed by atoms with Crippen molar-refractivity contribution in [3.05, 3.63) is 60.9 Å². The summed E-state index contributed by atoms with van der Waals surface area (Å²) in [5, 5.41) is 4.45. The normalized spacial score (nSPS) is 11.5. The largest absolute Gasteiger partial charge is 0.493 e. The van der Waals surface area contributed by atoms with Crippen LogP contribution in [0.15, 0.2) is 60.9 Å². The molecule has 172 valence electrons. The highest BCUT2D eigenvalue weighted by Gasteiger charge is 2.41. The number of methoxy groups -OCH3 is 1. The number of fused-ring (bicyclic) bond motifs is 1. The molecule has 33 heavy (non-hydrogen) atoms. The number of aromatic nitrogens is 4. The highest BCUT2D eigenvalue weighted by molar-refractivity contribution is 5.72. The second kappa shape index (κ2) is 9.33. The maximum Gasteiger partial charge on any atom is 0.491 e. The van der Waals surface area contributed by atoms with E-state index in [1.807, 2.05) is 0 Å². The second-order valence-corrected chi connectivity index (χ2v) is 6.92. The lowest BCUT2D eigenvalue weighted by atomic mass is 10.1. The Morgan fingerprint density at radius 3 is 2.61 bits per heavy atom. The number of alkyl halides is 3. The fourth-order valence-electron chi connectivity index (χ4n) is 3.31. The number of nitrogens with two attached hydrogens (primary N) is 1. The number of imidazole rings is 1. The molecule has 0 radical (unpaired) electrons. The molecule has 0 unspecified atom stereocenters. The summed E-state index contributed by atoms with van der Waals surface area (Å²) in [5.41, 5.74) is 6.74. The van der Waals surface area contributed by atoms with Gasteiger partial charge in [0.05, 0.1) is 25.6 Å². The van der Waals surface area contributed by atoms with Gasteiger partial charge < -0.3 is 15.2 Å². The van der Waals surface area contributed by atoms with Crippen LogP contribution in [0.25, 0.3) is 16.9 Å². The average molecular weight is 458 g/mol. The summed E-state index contributed by atoms with van der Waals surface area (Å²) in [7, 11) is 1.51. The first-order valence-electron chi connectivity index (χ1n) is 10.1. The summed E-state index contributed by atoms with van der Waals surface area (Å²) in [6.07, 6.45) is -1.73. The maximum absolute atomic E-state index is 14.0. The van der Waals surface area contributed by atoms with Crippen LogP contribution in [0.5, 0.6) is 11.5 Å². The van der Waals surface area contributed by atoms with Crippen LogP contribution in [-0.4, -0.2) is 46.1 Å². The van der Waals surface area contributed by atoms with Gasteiger partial charge in [-0.25, -0.2) is 14.9 Å². The molecule has 0 bridgehead atoms. The topological polar surface area (TPSA) is 90.8 Å². The number of nitrogens with zero attached hydrogens (tertiary/aromatic N) is 5.